The van der Waals surface area contributed by atoms with Crippen LogP contribution in [0.5, 0.6) is 5.75 Å². The van der Waals surface area contributed by atoms with Crippen molar-refractivity contribution < 1.29 is 4.74 Å². The van der Waals surface area contributed by atoms with Crippen molar-refractivity contribution in [2.45, 2.75) is 13.5 Å². The van der Waals surface area contributed by atoms with E-state index in [0.717, 1.165) is 23.2 Å². The van der Waals surface area contributed by atoms with Crippen LogP contribution in [0.2, 0.25) is 0 Å². The topological polar surface area (TPSA) is 27.1 Å². The number of nitrogens with zero attached hydrogens (tertiary/aromatic N) is 2. The smallest absolute Gasteiger partial charge is 0.121 e. The first-order valence-corrected chi connectivity index (χ1v) is 4.34. The number of ether oxygens (including phenoxy) is 1. The number of aromatic nitrogens is 2. The first-order valence-electron chi connectivity index (χ1n) is 4.34. The number of hydrogen-bond acceptors (Lipinski definition) is 2. The summed E-state index contributed by atoms with van der Waals surface area (Å²) in [6.45, 7) is 2.97. The molecule has 0 fully saturated rings. The molecule has 0 aliphatic carbocycles. The minimum absolute atomic E-state index is 0.855. The normalized spacial score (nSPS) is 10.6. The highest BCUT2D eigenvalue weighted by molar-refractivity contribution is 5.79. The van der Waals surface area contributed by atoms with Crippen molar-refractivity contribution in [2.75, 3.05) is 7.11 Å². The molecular weight excluding hydrogens is 164 g/mol. The van der Waals surface area contributed by atoms with Crippen LogP contribution in [-0.2, 0) is 6.54 Å². The van der Waals surface area contributed by atoms with Crippen LogP contribution in [-0.4, -0.2) is 16.9 Å². The molecular formula is C10H12N2O. The van der Waals surface area contributed by atoms with E-state index in [-0.39, 0.29) is 0 Å². The molecule has 3 nitrogen and oxygen atoms in total. The average molecular weight is 176 g/mol. The Labute approximate surface area is 76.9 Å². The fourth-order valence-corrected chi connectivity index (χ4v) is 1.34. The van der Waals surface area contributed by atoms with E-state index >= 15 is 0 Å². The van der Waals surface area contributed by atoms with Gasteiger partial charge in [-0.05, 0) is 19.1 Å². The quantitative estimate of drug-likeness (QED) is 0.700. The molecule has 1 aromatic carbocycles. The third kappa shape index (κ3) is 1.37. The van der Waals surface area contributed by atoms with Gasteiger partial charge in [0.05, 0.1) is 12.6 Å². The summed E-state index contributed by atoms with van der Waals surface area (Å²) in [5.41, 5.74) is 0.987. The van der Waals surface area contributed by atoms with Crippen LogP contribution in [0, 0.1) is 0 Å². The monoisotopic (exact) mass is 176 g/mol. The second-order valence-electron chi connectivity index (χ2n) is 2.91. The number of hydrogen-bond donors (Lipinski definition) is 0. The zero-order valence-electron chi connectivity index (χ0n) is 7.82. The van der Waals surface area contributed by atoms with E-state index in [4.69, 9.17) is 4.74 Å². The molecule has 0 bridgehead atoms. The summed E-state index contributed by atoms with van der Waals surface area (Å²) in [7, 11) is 1.66. The van der Waals surface area contributed by atoms with Gasteiger partial charge in [0, 0.05) is 24.2 Å². The molecule has 0 saturated carbocycles. The molecule has 1 aromatic heterocycles. The highest BCUT2D eigenvalue weighted by Crippen LogP contribution is 2.18. The summed E-state index contributed by atoms with van der Waals surface area (Å²) in [6, 6.07) is 5.92. The van der Waals surface area contributed by atoms with Crippen LogP contribution in [0.25, 0.3) is 10.9 Å². The summed E-state index contributed by atoms with van der Waals surface area (Å²) in [4.78, 5) is 0. The molecule has 0 saturated heterocycles. The van der Waals surface area contributed by atoms with Crippen LogP contribution in [0.1, 0.15) is 6.92 Å². The Hall–Kier alpha value is -1.51. The number of methoxy groups -OCH3 is 1. The Morgan fingerprint density at radius 2 is 2.31 bits per heavy atom. The minimum Gasteiger partial charge on any atom is -0.497 e. The van der Waals surface area contributed by atoms with E-state index in [0.29, 0.717) is 0 Å². The van der Waals surface area contributed by atoms with Crippen LogP contribution >= 0.6 is 0 Å². The Kier molecular flexibility index (Phi) is 1.93. The van der Waals surface area contributed by atoms with Gasteiger partial charge in [-0.1, -0.05) is 0 Å². The molecule has 0 radical (unpaired) electrons. The lowest BCUT2D eigenvalue weighted by atomic mass is 10.2. The van der Waals surface area contributed by atoms with Crippen LogP contribution in [0.4, 0.5) is 0 Å². The van der Waals surface area contributed by atoms with E-state index in [1.54, 1.807) is 7.11 Å². The maximum absolute atomic E-state index is 5.12. The summed E-state index contributed by atoms with van der Waals surface area (Å²) in [5, 5.41) is 5.53. The summed E-state index contributed by atoms with van der Waals surface area (Å²) in [5.74, 6) is 0.855. The maximum atomic E-state index is 5.12. The Balaban J connectivity index is 2.57. The van der Waals surface area contributed by atoms with E-state index in [9.17, 15) is 0 Å². The zero-order chi connectivity index (χ0) is 9.26. The molecule has 2 aromatic rings. The van der Waals surface area contributed by atoms with E-state index in [1.165, 1.54) is 0 Å². The van der Waals surface area contributed by atoms with Crippen molar-refractivity contribution in [1.29, 1.82) is 0 Å². The Morgan fingerprint density at radius 1 is 1.46 bits per heavy atom. The van der Waals surface area contributed by atoms with E-state index in [1.807, 2.05) is 29.1 Å². The summed E-state index contributed by atoms with van der Waals surface area (Å²) in [6.07, 6.45) is 2.04. The second kappa shape index (κ2) is 3.09. The molecule has 1 heterocycles. The zero-order valence-corrected chi connectivity index (χ0v) is 7.82. The third-order valence-corrected chi connectivity index (χ3v) is 2.09. The molecule has 0 amide bonds. The Bertz CT molecular complexity index is 418. The van der Waals surface area contributed by atoms with Crippen molar-refractivity contribution in [2.24, 2.45) is 0 Å². The van der Waals surface area contributed by atoms with Gasteiger partial charge in [0.15, 0.2) is 0 Å². The largest absolute Gasteiger partial charge is 0.497 e. The number of rotatable bonds is 2. The Morgan fingerprint density at radius 3 is 3.00 bits per heavy atom. The van der Waals surface area contributed by atoms with Gasteiger partial charge in [-0.2, -0.15) is 5.10 Å². The molecule has 0 aliphatic heterocycles. The SMILES string of the molecule is CCn1cc2ccc(OC)cc2n1. The molecule has 13 heavy (non-hydrogen) atoms. The summed E-state index contributed by atoms with van der Waals surface area (Å²) < 4.78 is 7.04. The van der Waals surface area contributed by atoms with Crippen molar-refractivity contribution in [3.8, 4) is 5.75 Å². The standard InChI is InChI=1S/C10H12N2O/c1-3-12-7-8-4-5-9(13-2)6-10(8)11-12/h4-7H,3H2,1-2H3. The predicted octanol–water partition coefficient (Wildman–Crippen LogP) is 2.06. The molecule has 68 valence electrons. The first kappa shape index (κ1) is 8.10. The number of fused-ring (bicyclic) bond motifs is 1. The fourth-order valence-electron chi connectivity index (χ4n) is 1.34. The molecule has 0 N–H and O–H groups in total. The van der Waals surface area contributed by atoms with E-state index < -0.39 is 0 Å². The highest BCUT2D eigenvalue weighted by atomic mass is 16.5. The average Bonchev–Trinajstić information content (AvgIpc) is 2.58. The van der Waals surface area contributed by atoms with Crippen molar-refractivity contribution in [3.63, 3.8) is 0 Å². The molecule has 0 aliphatic rings. The van der Waals surface area contributed by atoms with Gasteiger partial charge in [-0.3, -0.25) is 4.68 Å². The molecule has 0 unspecified atom stereocenters. The van der Waals surface area contributed by atoms with Crippen LogP contribution in [0.3, 0.4) is 0 Å². The van der Waals surface area contributed by atoms with Crippen molar-refractivity contribution in [1.82, 2.24) is 9.78 Å². The number of aryl methyl sites for hydroxylation is 1. The van der Waals surface area contributed by atoms with Gasteiger partial charge in [-0.15, -0.1) is 0 Å². The van der Waals surface area contributed by atoms with Gasteiger partial charge in [-0.25, -0.2) is 0 Å². The van der Waals surface area contributed by atoms with Crippen molar-refractivity contribution >= 4 is 10.9 Å². The lowest BCUT2D eigenvalue weighted by Gasteiger charge is -1.96. The van der Waals surface area contributed by atoms with Gasteiger partial charge in [0.25, 0.3) is 0 Å². The maximum Gasteiger partial charge on any atom is 0.121 e. The van der Waals surface area contributed by atoms with Crippen LogP contribution < -0.4 is 4.74 Å². The fraction of sp³-hybridized carbons (Fsp3) is 0.300. The van der Waals surface area contributed by atoms with Gasteiger partial charge >= 0.3 is 0 Å². The van der Waals surface area contributed by atoms with Crippen LogP contribution in [0.15, 0.2) is 24.4 Å². The van der Waals surface area contributed by atoms with Gasteiger partial charge < -0.3 is 4.74 Å². The highest BCUT2D eigenvalue weighted by Gasteiger charge is 2.00. The molecule has 3 heteroatoms. The lowest BCUT2D eigenvalue weighted by molar-refractivity contribution is 0.415. The van der Waals surface area contributed by atoms with Crippen molar-refractivity contribution in [3.05, 3.63) is 24.4 Å². The minimum atomic E-state index is 0.855. The van der Waals surface area contributed by atoms with E-state index in [2.05, 4.69) is 12.0 Å². The summed E-state index contributed by atoms with van der Waals surface area (Å²) >= 11 is 0. The second-order valence-corrected chi connectivity index (χ2v) is 2.91. The predicted molar refractivity (Wildman–Crippen MR) is 52.0 cm³/mol. The third-order valence-electron chi connectivity index (χ3n) is 2.09. The lowest BCUT2D eigenvalue weighted by Crippen LogP contribution is -1.92. The van der Waals surface area contributed by atoms with Gasteiger partial charge in [0.1, 0.15) is 5.75 Å². The molecule has 0 atom stereocenters. The first-order chi connectivity index (χ1) is 6.33. The van der Waals surface area contributed by atoms with Gasteiger partial charge in [0.2, 0.25) is 0 Å². The molecule has 2 rings (SSSR count). The number of benzene rings is 1. The molecule has 0 spiro atoms.